The number of hydrogen-bond acceptors (Lipinski definition) is 0. The van der Waals surface area contributed by atoms with E-state index in [4.69, 9.17) is 0 Å². The van der Waals surface area contributed by atoms with Gasteiger partial charge in [0.2, 0.25) is 9.90 Å². The molecule has 0 saturated heterocycles. The van der Waals surface area contributed by atoms with E-state index in [0.29, 0.717) is 21.7 Å². The third kappa shape index (κ3) is 10.0. The van der Waals surface area contributed by atoms with Crippen LogP contribution < -0.4 is 9.13 Å². The zero-order chi connectivity index (χ0) is 23.3. The zero-order valence-corrected chi connectivity index (χ0v) is 23.8. The molecule has 2 aromatic heterocycles. The van der Waals surface area contributed by atoms with Crippen LogP contribution in [0.25, 0.3) is 0 Å². The summed E-state index contributed by atoms with van der Waals surface area (Å²) in [5, 5.41) is 0. The summed E-state index contributed by atoms with van der Waals surface area (Å²) in [6.45, 7) is 8.98. The van der Waals surface area contributed by atoms with Gasteiger partial charge in [0.25, 0.3) is 0 Å². The molecule has 0 aliphatic rings. The lowest BCUT2D eigenvalue weighted by Gasteiger charge is -2.08. The fourth-order valence-corrected chi connectivity index (χ4v) is 5.22. The SMILES string of the molecule is CC(C)c1cc[n+](C(Br)CCCCCCCCCCC(Br)[n+]2ccc(C(C)C)cc2)cc1. The van der Waals surface area contributed by atoms with Crippen molar-refractivity contribution in [3.8, 4) is 0 Å². The summed E-state index contributed by atoms with van der Waals surface area (Å²) in [5.74, 6) is 1.19. The Morgan fingerprint density at radius 1 is 0.531 bits per heavy atom. The van der Waals surface area contributed by atoms with Crippen LogP contribution in [-0.4, -0.2) is 0 Å². The molecular formula is C28H44Br2N2+2. The van der Waals surface area contributed by atoms with E-state index in [0.717, 1.165) is 0 Å². The highest BCUT2D eigenvalue weighted by atomic mass is 79.9. The van der Waals surface area contributed by atoms with E-state index < -0.39 is 0 Å². The molecule has 0 amide bonds. The Hall–Kier alpha value is -0.740. The van der Waals surface area contributed by atoms with E-state index in [-0.39, 0.29) is 0 Å². The molecule has 0 radical (unpaired) electrons. The molecule has 0 aliphatic heterocycles. The second kappa shape index (κ2) is 15.2. The fraction of sp³-hybridized carbons (Fsp3) is 0.643. The van der Waals surface area contributed by atoms with Crippen molar-refractivity contribution in [2.24, 2.45) is 0 Å². The van der Waals surface area contributed by atoms with Gasteiger partial charge < -0.3 is 0 Å². The van der Waals surface area contributed by atoms with Crippen molar-refractivity contribution in [3.63, 3.8) is 0 Å². The summed E-state index contributed by atoms with van der Waals surface area (Å²) in [6, 6.07) is 8.99. The van der Waals surface area contributed by atoms with Gasteiger partial charge in [-0.1, -0.05) is 66.2 Å². The van der Waals surface area contributed by atoms with Gasteiger partial charge in [-0.3, -0.25) is 0 Å². The van der Waals surface area contributed by atoms with Crippen LogP contribution in [0.2, 0.25) is 0 Å². The number of aromatic nitrogens is 2. The highest BCUT2D eigenvalue weighted by molar-refractivity contribution is 9.09. The van der Waals surface area contributed by atoms with Gasteiger partial charge in [0.15, 0.2) is 24.8 Å². The van der Waals surface area contributed by atoms with Crippen LogP contribution >= 0.6 is 31.9 Å². The number of hydrogen-bond donors (Lipinski definition) is 0. The van der Waals surface area contributed by atoms with Crippen LogP contribution in [0.15, 0.2) is 49.1 Å². The van der Waals surface area contributed by atoms with Crippen LogP contribution in [0.5, 0.6) is 0 Å². The number of rotatable bonds is 15. The monoisotopic (exact) mass is 566 g/mol. The number of halogens is 2. The summed E-state index contributed by atoms with van der Waals surface area (Å²) in [4.78, 5) is 0.834. The van der Waals surface area contributed by atoms with Crippen molar-refractivity contribution >= 4 is 31.9 Å². The van der Waals surface area contributed by atoms with Gasteiger partial charge in [-0.2, -0.15) is 9.13 Å². The molecular weight excluding hydrogens is 524 g/mol. The first-order valence-electron chi connectivity index (χ1n) is 12.7. The molecule has 2 atom stereocenters. The lowest BCUT2D eigenvalue weighted by molar-refractivity contribution is -0.698. The van der Waals surface area contributed by atoms with Crippen LogP contribution in [0.1, 0.15) is 125 Å². The number of unbranched alkanes of at least 4 members (excludes halogenated alkanes) is 7. The van der Waals surface area contributed by atoms with Crippen molar-refractivity contribution in [2.75, 3.05) is 0 Å². The van der Waals surface area contributed by atoms with Gasteiger partial charge in [-0.25, -0.2) is 0 Å². The van der Waals surface area contributed by atoms with Gasteiger partial charge >= 0.3 is 0 Å². The Morgan fingerprint density at radius 3 is 1.09 bits per heavy atom. The van der Waals surface area contributed by atoms with Gasteiger partial charge in [0, 0.05) is 37.1 Å². The van der Waals surface area contributed by atoms with Gasteiger partial charge in [-0.05, 0) is 67.7 Å². The molecule has 0 aliphatic carbocycles. The molecule has 2 aromatic rings. The highest BCUT2D eigenvalue weighted by Gasteiger charge is 2.15. The van der Waals surface area contributed by atoms with Crippen molar-refractivity contribution in [3.05, 3.63) is 60.2 Å². The van der Waals surface area contributed by atoms with Crippen molar-refractivity contribution in [1.29, 1.82) is 0 Å². The summed E-state index contributed by atoms with van der Waals surface area (Å²) in [5.41, 5.74) is 2.82. The van der Waals surface area contributed by atoms with E-state index in [2.05, 4.69) is 118 Å². The molecule has 4 heteroatoms. The van der Waals surface area contributed by atoms with Gasteiger partial charge in [0.1, 0.15) is 0 Å². The summed E-state index contributed by atoms with van der Waals surface area (Å²) in [6.07, 6.45) is 22.1. The lowest BCUT2D eigenvalue weighted by atomic mass is 10.1. The molecule has 178 valence electrons. The van der Waals surface area contributed by atoms with Crippen LogP contribution in [0, 0.1) is 0 Å². The molecule has 32 heavy (non-hydrogen) atoms. The van der Waals surface area contributed by atoms with Crippen LogP contribution in [0.4, 0.5) is 0 Å². The molecule has 0 bridgehead atoms. The average molecular weight is 568 g/mol. The third-order valence-electron chi connectivity index (χ3n) is 6.37. The summed E-state index contributed by atoms with van der Waals surface area (Å²) >= 11 is 7.71. The quantitative estimate of drug-likeness (QED) is 0.115. The van der Waals surface area contributed by atoms with Crippen LogP contribution in [0.3, 0.4) is 0 Å². The molecule has 0 saturated carbocycles. The minimum atomic E-state index is 0.417. The zero-order valence-electron chi connectivity index (χ0n) is 20.6. The fourth-order valence-electron chi connectivity index (χ4n) is 4.03. The smallest absolute Gasteiger partial charge is 0.192 e. The molecule has 2 heterocycles. The number of alkyl halides is 2. The molecule has 2 rings (SSSR count). The third-order valence-corrected chi connectivity index (χ3v) is 8.23. The van der Waals surface area contributed by atoms with E-state index in [9.17, 15) is 0 Å². The Kier molecular flexibility index (Phi) is 13.1. The first kappa shape index (κ1) is 27.5. The predicted molar refractivity (Wildman–Crippen MR) is 144 cm³/mol. The first-order chi connectivity index (χ1) is 15.4. The first-order valence-corrected chi connectivity index (χ1v) is 14.5. The summed E-state index contributed by atoms with van der Waals surface area (Å²) < 4.78 is 4.58. The maximum atomic E-state index is 3.85. The van der Waals surface area contributed by atoms with E-state index in [1.807, 2.05) is 0 Å². The van der Waals surface area contributed by atoms with Crippen molar-refractivity contribution in [2.45, 2.75) is 114 Å². The molecule has 0 N–H and O–H groups in total. The largest absolute Gasteiger partial charge is 0.211 e. The Morgan fingerprint density at radius 2 is 0.812 bits per heavy atom. The average Bonchev–Trinajstić information content (AvgIpc) is 2.80. The molecule has 0 spiro atoms. The minimum Gasteiger partial charge on any atom is -0.192 e. The molecule has 0 aromatic carbocycles. The Balaban J connectivity index is 1.47. The normalized spacial score (nSPS) is 13.6. The van der Waals surface area contributed by atoms with Crippen molar-refractivity contribution in [1.82, 2.24) is 0 Å². The number of nitrogens with zero attached hydrogens (tertiary/aromatic N) is 2. The molecule has 2 unspecified atom stereocenters. The van der Waals surface area contributed by atoms with E-state index in [1.165, 1.54) is 75.3 Å². The minimum absolute atomic E-state index is 0.417. The van der Waals surface area contributed by atoms with E-state index >= 15 is 0 Å². The molecule has 2 nitrogen and oxygen atoms in total. The van der Waals surface area contributed by atoms with Gasteiger partial charge in [0.05, 0.1) is 0 Å². The Labute approximate surface area is 214 Å². The van der Waals surface area contributed by atoms with Crippen LogP contribution in [-0.2, 0) is 0 Å². The number of pyridine rings is 2. The standard InChI is InChI=1S/C28H44Br2N2/c1-23(2)25-15-19-31(20-16-25)27(29)13-11-9-7-5-6-8-10-12-14-28(30)32-21-17-26(18-22-32)24(3)4/h15-24,27-28H,5-14H2,1-4H3/q+2. The topological polar surface area (TPSA) is 7.76 Å². The summed E-state index contributed by atoms with van der Waals surface area (Å²) in [7, 11) is 0. The highest BCUT2D eigenvalue weighted by Crippen LogP contribution is 2.21. The van der Waals surface area contributed by atoms with Crippen molar-refractivity contribution < 1.29 is 9.13 Å². The predicted octanol–water partition coefficient (Wildman–Crippen LogP) is 8.90. The van der Waals surface area contributed by atoms with E-state index in [1.54, 1.807) is 0 Å². The maximum absolute atomic E-state index is 3.85. The Bertz CT molecular complexity index is 676. The van der Waals surface area contributed by atoms with Gasteiger partial charge in [-0.15, -0.1) is 0 Å². The second-order valence-electron chi connectivity index (χ2n) is 9.74. The lowest BCUT2D eigenvalue weighted by Crippen LogP contribution is -2.35. The molecule has 0 fully saturated rings. The second-order valence-corrected chi connectivity index (χ2v) is 11.9. The maximum Gasteiger partial charge on any atom is 0.211 e.